The minimum Gasteiger partial charge on any atom is -0.495 e. The number of nitrogens with one attached hydrogen (secondary N) is 2. The molecule has 26 heavy (non-hydrogen) atoms. The number of ether oxygens (including phenoxy) is 1. The van der Waals surface area contributed by atoms with Gasteiger partial charge in [-0.25, -0.2) is 9.97 Å². The standard InChI is InChI=1S/C18H17F3N4O/c1-26-14-7-6-10(18(19,20)21)8-13(14)25-17-15-11-4-2-3-5-12(11)24-16(15)22-9-23-17/h6-9H,2-5H2,1H3,(H2,22,23,24,25). The van der Waals surface area contributed by atoms with Gasteiger partial charge in [-0.3, -0.25) is 0 Å². The number of benzene rings is 1. The summed E-state index contributed by atoms with van der Waals surface area (Å²) >= 11 is 0. The van der Waals surface area contributed by atoms with Gasteiger partial charge in [0.1, 0.15) is 23.5 Å². The Morgan fingerprint density at radius 3 is 2.73 bits per heavy atom. The third-order valence-corrected chi connectivity index (χ3v) is 4.67. The number of fused-ring (bicyclic) bond motifs is 3. The molecule has 0 amide bonds. The fourth-order valence-corrected chi connectivity index (χ4v) is 3.43. The minimum absolute atomic E-state index is 0.216. The van der Waals surface area contributed by atoms with Gasteiger partial charge in [-0.05, 0) is 49.4 Å². The highest BCUT2D eigenvalue weighted by molar-refractivity contribution is 5.93. The van der Waals surface area contributed by atoms with E-state index in [-0.39, 0.29) is 5.69 Å². The number of halogens is 3. The number of anilines is 2. The van der Waals surface area contributed by atoms with Crippen molar-refractivity contribution in [2.75, 3.05) is 12.4 Å². The Kier molecular flexibility index (Phi) is 3.97. The summed E-state index contributed by atoms with van der Waals surface area (Å²) in [4.78, 5) is 11.8. The van der Waals surface area contributed by atoms with E-state index in [1.54, 1.807) is 0 Å². The number of aryl methyl sites for hydroxylation is 2. The van der Waals surface area contributed by atoms with Gasteiger partial charge in [0.2, 0.25) is 0 Å². The highest BCUT2D eigenvalue weighted by Gasteiger charge is 2.31. The number of aromatic amines is 1. The molecule has 2 heterocycles. The van der Waals surface area contributed by atoms with Gasteiger partial charge in [-0.2, -0.15) is 13.2 Å². The zero-order valence-corrected chi connectivity index (χ0v) is 14.1. The van der Waals surface area contributed by atoms with Gasteiger partial charge in [-0.15, -0.1) is 0 Å². The molecule has 8 heteroatoms. The summed E-state index contributed by atoms with van der Waals surface area (Å²) in [6.07, 6.45) is 0.984. The van der Waals surface area contributed by atoms with Gasteiger partial charge >= 0.3 is 6.18 Å². The van der Waals surface area contributed by atoms with E-state index in [4.69, 9.17) is 4.74 Å². The Balaban J connectivity index is 1.81. The first-order chi connectivity index (χ1) is 12.5. The summed E-state index contributed by atoms with van der Waals surface area (Å²) in [5.41, 5.74) is 2.43. The van der Waals surface area contributed by atoms with Gasteiger partial charge in [-0.1, -0.05) is 0 Å². The maximum absolute atomic E-state index is 13.1. The molecule has 1 aliphatic rings. The Hall–Kier alpha value is -2.77. The number of aromatic nitrogens is 3. The summed E-state index contributed by atoms with van der Waals surface area (Å²) in [6, 6.07) is 3.33. The Labute approximate surface area is 147 Å². The molecule has 2 aromatic heterocycles. The predicted molar refractivity (Wildman–Crippen MR) is 91.8 cm³/mol. The van der Waals surface area contributed by atoms with Gasteiger partial charge < -0.3 is 15.0 Å². The molecule has 0 saturated carbocycles. The fourth-order valence-electron chi connectivity index (χ4n) is 3.43. The van der Waals surface area contributed by atoms with Crippen LogP contribution >= 0.6 is 0 Å². The van der Waals surface area contributed by atoms with Gasteiger partial charge in [0.25, 0.3) is 0 Å². The number of alkyl halides is 3. The van der Waals surface area contributed by atoms with Gasteiger partial charge in [0, 0.05) is 5.69 Å². The molecule has 0 aliphatic heterocycles. The molecule has 2 N–H and O–H groups in total. The third-order valence-electron chi connectivity index (χ3n) is 4.67. The Morgan fingerprint density at radius 1 is 1.15 bits per heavy atom. The van der Waals surface area contributed by atoms with Crippen LogP contribution in [0.25, 0.3) is 11.0 Å². The van der Waals surface area contributed by atoms with Crippen LogP contribution in [0.4, 0.5) is 24.7 Å². The molecule has 0 unspecified atom stereocenters. The van der Waals surface area contributed by atoms with Crippen molar-refractivity contribution in [2.45, 2.75) is 31.9 Å². The van der Waals surface area contributed by atoms with Gasteiger partial charge in [0.05, 0.1) is 23.7 Å². The zero-order valence-electron chi connectivity index (χ0n) is 14.1. The molecular formula is C18H17F3N4O. The van der Waals surface area contributed by atoms with Crippen molar-refractivity contribution in [1.82, 2.24) is 15.0 Å². The van der Waals surface area contributed by atoms with Crippen molar-refractivity contribution in [3.05, 3.63) is 41.3 Å². The van der Waals surface area contributed by atoms with E-state index >= 15 is 0 Å². The van der Waals surface area contributed by atoms with Crippen LogP contribution in [0.1, 0.15) is 29.7 Å². The zero-order chi connectivity index (χ0) is 18.3. The summed E-state index contributed by atoms with van der Waals surface area (Å²) in [5.74, 6) is 0.793. The van der Waals surface area contributed by atoms with E-state index in [2.05, 4.69) is 20.3 Å². The first-order valence-electron chi connectivity index (χ1n) is 8.34. The van der Waals surface area contributed by atoms with Crippen molar-refractivity contribution in [3.8, 4) is 5.75 Å². The lowest BCUT2D eigenvalue weighted by molar-refractivity contribution is -0.137. The molecule has 3 aromatic rings. The number of methoxy groups -OCH3 is 1. The number of nitrogens with zero attached hydrogens (tertiary/aromatic N) is 2. The van der Waals surface area contributed by atoms with Crippen molar-refractivity contribution in [2.24, 2.45) is 0 Å². The van der Waals surface area contributed by atoms with E-state index in [1.165, 1.54) is 19.5 Å². The van der Waals surface area contributed by atoms with Crippen molar-refractivity contribution < 1.29 is 17.9 Å². The SMILES string of the molecule is COc1ccc(C(F)(F)F)cc1Nc1ncnc2[nH]c3c(c12)CCCC3. The first kappa shape index (κ1) is 16.7. The molecule has 0 fully saturated rings. The fraction of sp³-hybridized carbons (Fsp3) is 0.333. The van der Waals surface area contributed by atoms with Crippen LogP contribution in [0, 0.1) is 0 Å². The molecular weight excluding hydrogens is 345 g/mol. The highest BCUT2D eigenvalue weighted by atomic mass is 19.4. The van der Waals surface area contributed by atoms with Gasteiger partial charge in [0.15, 0.2) is 0 Å². The smallest absolute Gasteiger partial charge is 0.416 e. The second-order valence-corrected chi connectivity index (χ2v) is 6.27. The monoisotopic (exact) mass is 362 g/mol. The second-order valence-electron chi connectivity index (χ2n) is 6.27. The summed E-state index contributed by atoms with van der Waals surface area (Å²) < 4.78 is 44.4. The quantitative estimate of drug-likeness (QED) is 0.714. The lowest BCUT2D eigenvalue weighted by Gasteiger charge is -2.15. The maximum Gasteiger partial charge on any atom is 0.416 e. The molecule has 0 bridgehead atoms. The summed E-state index contributed by atoms with van der Waals surface area (Å²) in [7, 11) is 1.42. The average Bonchev–Trinajstić information content (AvgIpc) is 3.00. The normalized spacial score (nSPS) is 14.3. The van der Waals surface area contributed by atoms with E-state index in [0.717, 1.165) is 54.5 Å². The van der Waals surface area contributed by atoms with E-state index in [1.807, 2.05) is 0 Å². The molecule has 4 rings (SSSR count). The van der Waals surface area contributed by atoms with E-state index in [9.17, 15) is 13.2 Å². The van der Waals surface area contributed by atoms with Crippen LogP contribution in [0.15, 0.2) is 24.5 Å². The highest BCUT2D eigenvalue weighted by Crippen LogP contribution is 2.38. The number of rotatable bonds is 3. The van der Waals surface area contributed by atoms with E-state index < -0.39 is 11.7 Å². The van der Waals surface area contributed by atoms with Crippen LogP contribution in [0.5, 0.6) is 5.75 Å². The van der Waals surface area contributed by atoms with Crippen LogP contribution in [-0.4, -0.2) is 22.1 Å². The molecule has 136 valence electrons. The third kappa shape index (κ3) is 2.85. The lowest BCUT2D eigenvalue weighted by Crippen LogP contribution is -2.07. The topological polar surface area (TPSA) is 62.8 Å². The number of hydrogen-bond acceptors (Lipinski definition) is 4. The molecule has 0 atom stereocenters. The van der Waals surface area contributed by atoms with E-state index in [0.29, 0.717) is 17.2 Å². The van der Waals surface area contributed by atoms with Crippen LogP contribution in [0.2, 0.25) is 0 Å². The minimum atomic E-state index is -4.43. The van der Waals surface area contributed by atoms with Crippen LogP contribution in [0.3, 0.4) is 0 Å². The Morgan fingerprint density at radius 2 is 1.96 bits per heavy atom. The molecule has 1 aromatic carbocycles. The van der Waals surface area contributed by atoms with Crippen molar-refractivity contribution in [1.29, 1.82) is 0 Å². The molecule has 1 aliphatic carbocycles. The average molecular weight is 362 g/mol. The molecule has 0 saturated heterocycles. The molecule has 0 radical (unpaired) electrons. The summed E-state index contributed by atoms with van der Waals surface area (Å²) in [6.45, 7) is 0. The largest absolute Gasteiger partial charge is 0.495 e. The van der Waals surface area contributed by atoms with Crippen LogP contribution < -0.4 is 10.1 Å². The Bertz CT molecular complexity index is 965. The van der Waals surface area contributed by atoms with Crippen molar-refractivity contribution in [3.63, 3.8) is 0 Å². The number of hydrogen-bond donors (Lipinski definition) is 2. The van der Waals surface area contributed by atoms with Crippen molar-refractivity contribution >= 4 is 22.5 Å². The second kappa shape index (κ2) is 6.19. The predicted octanol–water partition coefficient (Wildman–Crippen LogP) is 4.61. The first-order valence-corrected chi connectivity index (χ1v) is 8.34. The summed E-state index contributed by atoms with van der Waals surface area (Å²) in [5, 5.41) is 3.85. The maximum atomic E-state index is 13.1. The lowest BCUT2D eigenvalue weighted by atomic mass is 9.96. The van der Waals surface area contributed by atoms with Crippen LogP contribution in [-0.2, 0) is 19.0 Å². The molecule has 0 spiro atoms. The number of H-pyrrole nitrogens is 1. The molecule has 5 nitrogen and oxygen atoms in total.